The first-order valence-electron chi connectivity index (χ1n) is 7.98. The van der Waals surface area contributed by atoms with Crippen molar-refractivity contribution in [1.29, 1.82) is 0 Å². The fourth-order valence-electron chi connectivity index (χ4n) is 2.62. The first kappa shape index (κ1) is 17.2. The Labute approximate surface area is 149 Å². The zero-order valence-electron chi connectivity index (χ0n) is 14.1. The van der Waals surface area contributed by atoms with E-state index in [-0.39, 0.29) is 0 Å². The number of anilines is 1. The van der Waals surface area contributed by atoms with Gasteiger partial charge in [0.25, 0.3) is 11.8 Å². The summed E-state index contributed by atoms with van der Waals surface area (Å²) in [6.07, 6.45) is 0.779. The van der Waals surface area contributed by atoms with Crippen LogP contribution in [0.5, 0.6) is 0 Å². The predicted octanol–water partition coefficient (Wildman–Crippen LogP) is 2.36. The molecule has 0 aliphatic carbocycles. The van der Waals surface area contributed by atoms with Crippen molar-refractivity contribution in [1.82, 2.24) is 15.1 Å². The van der Waals surface area contributed by atoms with Gasteiger partial charge in [-0.25, -0.2) is 0 Å². The summed E-state index contributed by atoms with van der Waals surface area (Å²) >= 11 is 1.30. The lowest BCUT2D eigenvalue weighted by Crippen LogP contribution is -2.45. The van der Waals surface area contributed by atoms with E-state index >= 15 is 0 Å². The molecule has 2 heterocycles. The van der Waals surface area contributed by atoms with Gasteiger partial charge in [-0.2, -0.15) is 0 Å². The Kier molecular flexibility index (Phi) is 4.63. The Hall–Kier alpha value is -2.61. The summed E-state index contributed by atoms with van der Waals surface area (Å²) in [5.41, 5.74) is 0.643. The van der Waals surface area contributed by atoms with Crippen LogP contribution in [0, 0.1) is 5.92 Å². The maximum absolute atomic E-state index is 12.5. The molecule has 7 nitrogen and oxygen atoms in total. The minimum Gasteiger partial charge on any atom is -0.299 e. The molecule has 1 atom stereocenters. The Balaban J connectivity index is 1.72. The van der Waals surface area contributed by atoms with Crippen molar-refractivity contribution in [2.24, 2.45) is 5.92 Å². The van der Waals surface area contributed by atoms with Crippen LogP contribution in [0.1, 0.15) is 46.5 Å². The third kappa shape index (κ3) is 3.30. The second-order valence-corrected chi connectivity index (χ2v) is 7.35. The second kappa shape index (κ2) is 6.72. The molecule has 25 heavy (non-hydrogen) atoms. The van der Waals surface area contributed by atoms with Crippen molar-refractivity contribution in [2.75, 3.05) is 5.32 Å². The summed E-state index contributed by atoms with van der Waals surface area (Å²) in [7, 11) is 0. The highest BCUT2D eigenvalue weighted by Gasteiger charge is 2.40. The van der Waals surface area contributed by atoms with E-state index in [4.69, 9.17) is 0 Å². The van der Waals surface area contributed by atoms with Gasteiger partial charge in [0.1, 0.15) is 11.0 Å². The zero-order chi connectivity index (χ0) is 18.1. The quantitative estimate of drug-likeness (QED) is 0.828. The number of hydrogen-bond acceptors (Lipinski definition) is 6. The van der Waals surface area contributed by atoms with Gasteiger partial charge >= 0.3 is 0 Å². The number of hydrogen-bond donors (Lipinski definition) is 1. The van der Waals surface area contributed by atoms with E-state index in [0.29, 0.717) is 22.2 Å². The molecule has 0 saturated heterocycles. The van der Waals surface area contributed by atoms with Gasteiger partial charge in [0.15, 0.2) is 0 Å². The minimum absolute atomic E-state index is 0.322. The first-order valence-corrected chi connectivity index (χ1v) is 8.80. The minimum atomic E-state index is -0.940. The molecule has 0 radical (unpaired) electrons. The molecule has 0 saturated carbocycles. The number of aromatic nitrogens is 2. The maximum atomic E-state index is 12.5. The predicted molar refractivity (Wildman–Crippen MR) is 93.5 cm³/mol. The van der Waals surface area contributed by atoms with Crippen LogP contribution in [0.2, 0.25) is 0 Å². The molecule has 1 N–H and O–H groups in total. The van der Waals surface area contributed by atoms with E-state index in [1.807, 2.05) is 0 Å². The van der Waals surface area contributed by atoms with Crippen molar-refractivity contribution >= 4 is 34.2 Å². The Morgan fingerprint density at radius 3 is 2.28 bits per heavy atom. The molecule has 0 unspecified atom stereocenters. The number of amides is 3. The van der Waals surface area contributed by atoms with Crippen molar-refractivity contribution in [3.05, 3.63) is 40.4 Å². The number of carbonyl (C=O) groups excluding carboxylic acids is 3. The van der Waals surface area contributed by atoms with Gasteiger partial charge in [0, 0.05) is 6.42 Å². The number of fused-ring (bicyclic) bond motifs is 1. The number of benzene rings is 1. The van der Waals surface area contributed by atoms with Crippen molar-refractivity contribution in [3.63, 3.8) is 0 Å². The van der Waals surface area contributed by atoms with Crippen molar-refractivity contribution in [2.45, 2.75) is 33.2 Å². The van der Waals surface area contributed by atoms with Crippen LogP contribution in [-0.2, 0) is 11.2 Å². The van der Waals surface area contributed by atoms with Crippen LogP contribution in [0.15, 0.2) is 24.3 Å². The first-order chi connectivity index (χ1) is 11.9. The largest absolute Gasteiger partial charge is 0.299 e. The van der Waals surface area contributed by atoms with Crippen molar-refractivity contribution < 1.29 is 14.4 Å². The van der Waals surface area contributed by atoms with E-state index in [1.165, 1.54) is 18.3 Å². The standard InChI is InChI=1S/C17H18N4O3S/c1-9(2)8-13-19-20-17(25-13)18-14(22)10(3)21-15(23)11-6-4-5-7-12(11)16(21)24/h4-7,9-10H,8H2,1-3H3,(H,18,20,22)/t10-/m1/s1. The smallest absolute Gasteiger partial charge is 0.262 e. The van der Waals surface area contributed by atoms with E-state index in [9.17, 15) is 14.4 Å². The molecular weight excluding hydrogens is 340 g/mol. The molecule has 0 fully saturated rings. The maximum Gasteiger partial charge on any atom is 0.262 e. The fraction of sp³-hybridized carbons (Fsp3) is 0.353. The highest BCUT2D eigenvalue weighted by atomic mass is 32.1. The number of nitrogens with one attached hydrogen (secondary N) is 1. The van der Waals surface area contributed by atoms with Gasteiger partial charge in [-0.3, -0.25) is 24.6 Å². The molecule has 8 heteroatoms. The highest BCUT2D eigenvalue weighted by molar-refractivity contribution is 7.15. The molecule has 0 bridgehead atoms. The van der Waals surface area contributed by atoms with Crippen LogP contribution in [-0.4, -0.2) is 38.9 Å². The normalized spacial score (nSPS) is 14.8. The molecule has 1 aromatic heterocycles. The fourth-order valence-corrected chi connectivity index (χ4v) is 3.58. The SMILES string of the molecule is CC(C)Cc1nnc(NC(=O)[C@@H](C)N2C(=O)c3ccccc3C2=O)s1. The Morgan fingerprint density at radius 2 is 1.72 bits per heavy atom. The third-order valence-corrected chi connectivity index (χ3v) is 4.73. The molecule has 2 aromatic rings. The number of rotatable bonds is 5. The summed E-state index contributed by atoms with van der Waals surface area (Å²) in [5, 5.41) is 11.8. The van der Waals surface area contributed by atoms with Crippen molar-refractivity contribution in [3.8, 4) is 0 Å². The zero-order valence-corrected chi connectivity index (χ0v) is 15.0. The molecule has 3 amide bonds. The van der Waals surface area contributed by atoms with E-state index in [2.05, 4.69) is 29.4 Å². The molecule has 0 spiro atoms. The van der Waals surface area contributed by atoms with Gasteiger partial charge in [0.05, 0.1) is 11.1 Å². The highest BCUT2D eigenvalue weighted by Crippen LogP contribution is 2.25. The number of nitrogens with zero attached hydrogens (tertiary/aromatic N) is 3. The summed E-state index contributed by atoms with van der Waals surface area (Å²) in [4.78, 5) is 38.3. The summed E-state index contributed by atoms with van der Waals surface area (Å²) in [6, 6.07) is 5.61. The summed E-state index contributed by atoms with van der Waals surface area (Å²) in [5.74, 6) is -0.947. The topological polar surface area (TPSA) is 92.3 Å². The number of imide groups is 1. The molecule has 1 aliphatic heterocycles. The van der Waals surface area contributed by atoms with Gasteiger partial charge in [-0.15, -0.1) is 10.2 Å². The Morgan fingerprint density at radius 1 is 1.12 bits per heavy atom. The molecule has 1 aliphatic rings. The molecule has 3 rings (SSSR count). The van der Waals surface area contributed by atoms with Crippen LogP contribution >= 0.6 is 11.3 Å². The van der Waals surface area contributed by atoms with Gasteiger partial charge in [-0.1, -0.05) is 37.3 Å². The van der Waals surface area contributed by atoms with Crippen LogP contribution in [0.3, 0.4) is 0 Å². The monoisotopic (exact) mass is 358 g/mol. The van der Waals surface area contributed by atoms with E-state index in [1.54, 1.807) is 24.3 Å². The summed E-state index contributed by atoms with van der Waals surface area (Å²) < 4.78 is 0. The Bertz CT molecular complexity index is 811. The molecular formula is C17H18N4O3S. The van der Waals surface area contributed by atoms with Gasteiger partial charge in [-0.05, 0) is 25.0 Å². The van der Waals surface area contributed by atoms with Crippen LogP contribution in [0.25, 0.3) is 0 Å². The molecule has 130 valence electrons. The van der Waals surface area contributed by atoms with Gasteiger partial charge < -0.3 is 0 Å². The summed E-state index contributed by atoms with van der Waals surface area (Å²) in [6.45, 7) is 5.67. The van der Waals surface area contributed by atoms with Gasteiger partial charge in [0.2, 0.25) is 11.0 Å². The van der Waals surface area contributed by atoms with E-state index in [0.717, 1.165) is 16.3 Å². The third-order valence-electron chi connectivity index (χ3n) is 3.87. The van der Waals surface area contributed by atoms with Crippen LogP contribution in [0.4, 0.5) is 5.13 Å². The average molecular weight is 358 g/mol. The van der Waals surface area contributed by atoms with Crippen LogP contribution < -0.4 is 5.32 Å². The lowest BCUT2D eigenvalue weighted by Gasteiger charge is -2.20. The second-order valence-electron chi connectivity index (χ2n) is 6.29. The lowest BCUT2D eigenvalue weighted by atomic mass is 10.1. The molecule has 1 aromatic carbocycles. The van der Waals surface area contributed by atoms with E-state index < -0.39 is 23.8 Å². The number of carbonyl (C=O) groups is 3. The lowest BCUT2D eigenvalue weighted by molar-refractivity contribution is -0.119. The average Bonchev–Trinajstić information content (AvgIpc) is 3.10.